The Morgan fingerprint density at radius 3 is 1.90 bits per heavy atom. The van der Waals surface area contributed by atoms with Crippen LogP contribution in [0.4, 0.5) is 5.69 Å². The fourth-order valence-corrected chi connectivity index (χ4v) is 4.63. The highest BCUT2D eigenvalue weighted by molar-refractivity contribution is 7.93. The lowest BCUT2D eigenvalue weighted by molar-refractivity contribution is 0.101. The van der Waals surface area contributed by atoms with E-state index in [1.807, 2.05) is 12.1 Å². The summed E-state index contributed by atoms with van der Waals surface area (Å²) in [4.78, 5) is 13.3. The largest absolute Gasteiger partial charge is 0.272 e. The van der Waals surface area contributed by atoms with E-state index in [4.69, 9.17) is 23.2 Å². The molecule has 3 aromatic carbocycles. The highest BCUT2D eigenvalue weighted by Gasteiger charge is 2.31. The average Bonchev–Trinajstić information content (AvgIpc) is 2.74. The molecular weight excluding hydrogens is 441 g/mol. The number of carbonyl (C=O) groups excluding carboxylic acids is 1. The molecule has 0 N–H and O–H groups in total. The van der Waals surface area contributed by atoms with Gasteiger partial charge >= 0.3 is 0 Å². The molecule has 0 aliphatic heterocycles. The Balaban J connectivity index is 2.07. The summed E-state index contributed by atoms with van der Waals surface area (Å²) in [6, 6.07) is 18.9. The van der Waals surface area contributed by atoms with Crippen LogP contribution in [0, 0.1) is 0 Å². The minimum absolute atomic E-state index is 0.0238. The fraction of sp³-hybridized carbons (Fsp3) is 0.174. The van der Waals surface area contributed by atoms with Gasteiger partial charge in [-0.3, -0.25) is 4.79 Å². The van der Waals surface area contributed by atoms with Gasteiger partial charge in [-0.1, -0.05) is 48.7 Å². The summed E-state index contributed by atoms with van der Waals surface area (Å²) in [5.41, 5.74) is 1.57. The van der Waals surface area contributed by atoms with Crippen molar-refractivity contribution in [3.8, 4) is 0 Å². The maximum atomic E-state index is 13.4. The molecule has 0 aliphatic rings. The predicted molar refractivity (Wildman–Crippen MR) is 122 cm³/mol. The zero-order valence-corrected chi connectivity index (χ0v) is 18.7. The molecule has 1 amide bonds. The summed E-state index contributed by atoms with van der Waals surface area (Å²) in [6.45, 7) is 2.11. The normalized spacial score (nSPS) is 11.3. The maximum absolute atomic E-state index is 13.4. The molecule has 0 atom stereocenters. The van der Waals surface area contributed by atoms with E-state index in [0.29, 0.717) is 10.0 Å². The number of unbranched alkanes of at least 4 members (excludes halogenated alkanes) is 1. The highest BCUT2D eigenvalue weighted by Crippen LogP contribution is 2.28. The van der Waals surface area contributed by atoms with Crippen molar-refractivity contribution in [2.45, 2.75) is 31.1 Å². The van der Waals surface area contributed by atoms with Gasteiger partial charge in [0.05, 0.1) is 10.6 Å². The fourth-order valence-electron chi connectivity index (χ4n) is 2.97. The van der Waals surface area contributed by atoms with Crippen molar-refractivity contribution in [2.24, 2.45) is 0 Å². The first-order valence-corrected chi connectivity index (χ1v) is 11.7. The molecule has 3 rings (SSSR count). The number of hydrogen-bond acceptors (Lipinski definition) is 3. The van der Waals surface area contributed by atoms with Gasteiger partial charge in [-0.05, 0) is 79.1 Å². The number of nitrogens with zero attached hydrogens (tertiary/aromatic N) is 1. The minimum Gasteiger partial charge on any atom is -0.268 e. The van der Waals surface area contributed by atoms with E-state index in [1.54, 1.807) is 24.3 Å². The van der Waals surface area contributed by atoms with Crippen LogP contribution in [0.15, 0.2) is 77.7 Å². The number of halogens is 2. The van der Waals surface area contributed by atoms with E-state index < -0.39 is 15.9 Å². The molecular formula is C23H21Cl2NO3S. The first kappa shape index (κ1) is 22.3. The van der Waals surface area contributed by atoms with Crippen LogP contribution in [0.25, 0.3) is 0 Å². The lowest BCUT2D eigenvalue weighted by Gasteiger charge is -2.23. The van der Waals surface area contributed by atoms with Gasteiger partial charge in [0, 0.05) is 15.6 Å². The molecule has 0 fully saturated rings. The lowest BCUT2D eigenvalue weighted by atomic mass is 10.1. The van der Waals surface area contributed by atoms with Crippen LogP contribution >= 0.6 is 23.2 Å². The number of carbonyl (C=O) groups is 1. The van der Waals surface area contributed by atoms with Crippen molar-refractivity contribution in [1.29, 1.82) is 0 Å². The standard InChI is InChI=1S/C23H21Cl2NO3S/c1-2-3-4-17-5-13-21(14-6-17)26(23(27)18-7-9-19(24)10-8-18)30(28,29)22-15-11-20(25)12-16-22/h5-16H,2-4H2,1H3. The summed E-state index contributed by atoms with van der Waals surface area (Å²) < 4.78 is 27.7. The molecule has 7 heteroatoms. The third-order valence-electron chi connectivity index (χ3n) is 4.62. The van der Waals surface area contributed by atoms with E-state index in [0.717, 1.165) is 29.1 Å². The lowest BCUT2D eigenvalue weighted by Crippen LogP contribution is -2.37. The third kappa shape index (κ3) is 5.04. The first-order valence-electron chi connectivity index (χ1n) is 9.52. The molecule has 0 spiro atoms. The van der Waals surface area contributed by atoms with Gasteiger partial charge in [0.1, 0.15) is 0 Å². The smallest absolute Gasteiger partial charge is 0.268 e. The molecule has 4 nitrogen and oxygen atoms in total. The molecule has 156 valence electrons. The van der Waals surface area contributed by atoms with E-state index >= 15 is 0 Å². The molecule has 0 heterocycles. The zero-order valence-electron chi connectivity index (χ0n) is 16.4. The van der Waals surface area contributed by atoms with Crippen LogP contribution in [0.1, 0.15) is 35.7 Å². The Bertz CT molecular complexity index is 1110. The molecule has 0 radical (unpaired) electrons. The summed E-state index contributed by atoms with van der Waals surface area (Å²) in [5.74, 6) is -0.664. The number of amides is 1. The summed E-state index contributed by atoms with van der Waals surface area (Å²) in [6.07, 6.45) is 3.00. The van der Waals surface area contributed by atoms with E-state index in [9.17, 15) is 13.2 Å². The molecule has 0 aromatic heterocycles. The molecule has 0 saturated heterocycles. The average molecular weight is 462 g/mol. The van der Waals surface area contributed by atoms with Crippen LogP contribution in [0.3, 0.4) is 0 Å². The van der Waals surface area contributed by atoms with Gasteiger partial charge in [0.25, 0.3) is 15.9 Å². The molecule has 0 bridgehead atoms. The van der Waals surface area contributed by atoms with Crippen LogP contribution in [-0.4, -0.2) is 14.3 Å². The SMILES string of the molecule is CCCCc1ccc(N(C(=O)c2ccc(Cl)cc2)S(=O)(=O)c2ccc(Cl)cc2)cc1. The van der Waals surface area contributed by atoms with Crippen LogP contribution in [-0.2, 0) is 16.4 Å². The van der Waals surface area contributed by atoms with Crippen LogP contribution in [0.2, 0.25) is 10.0 Å². The summed E-state index contributed by atoms with van der Waals surface area (Å²) in [7, 11) is -4.17. The monoisotopic (exact) mass is 461 g/mol. The van der Waals surface area contributed by atoms with Crippen molar-refractivity contribution in [3.05, 3.63) is 94.0 Å². The summed E-state index contributed by atoms with van der Waals surface area (Å²) in [5, 5.41) is 0.865. The Hall–Kier alpha value is -2.34. The zero-order chi connectivity index (χ0) is 21.7. The van der Waals surface area contributed by atoms with Gasteiger partial charge < -0.3 is 0 Å². The van der Waals surface area contributed by atoms with Crippen molar-refractivity contribution >= 4 is 44.8 Å². The number of rotatable bonds is 7. The molecule has 0 unspecified atom stereocenters. The second kappa shape index (κ2) is 9.65. The second-order valence-corrected chi connectivity index (χ2v) is 9.46. The number of aryl methyl sites for hydroxylation is 1. The quantitative estimate of drug-likeness (QED) is 0.410. The van der Waals surface area contributed by atoms with Gasteiger partial charge in [-0.25, -0.2) is 8.42 Å². The van der Waals surface area contributed by atoms with Crippen LogP contribution in [0.5, 0.6) is 0 Å². The number of benzene rings is 3. The molecule has 0 saturated carbocycles. The van der Waals surface area contributed by atoms with Gasteiger partial charge in [0.15, 0.2) is 0 Å². The van der Waals surface area contributed by atoms with Crippen molar-refractivity contribution in [3.63, 3.8) is 0 Å². The van der Waals surface area contributed by atoms with Gasteiger partial charge in [0.2, 0.25) is 0 Å². The highest BCUT2D eigenvalue weighted by atomic mass is 35.5. The number of sulfonamides is 1. The molecule has 30 heavy (non-hydrogen) atoms. The molecule has 3 aromatic rings. The van der Waals surface area contributed by atoms with E-state index in [2.05, 4.69) is 6.92 Å². The van der Waals surface area contributed by atoms with E-state index in [-0.39, 0.29) is 16.1 Å². The first-order chi connectivity index (χ1) is 14.3. The predicted octanol–water partition coefficient (Wildman–Crippen LogP) is 6.37. The topological polar surface area (TPSA) is 54.5 Å². The number of hydrogen-bond donors (Lipinski definition) is 0. The van der Waals surface area contributed by atoms with Crippen molar-refractivity contribution in [1.82, 2.24) is 0 Å². The molecule has 0 aliphatic carbocycles. The van der Waals surface area contributed by atoms with Crippen molar-refractivity contribution in [2.75, 3.05) is 4.31 Å². The van der Waals surface area contributed by atoms with Gasteiger partial charge in [-0.15, -0.1) is 0 Å². The van der Waals surface area contributed by atoms with Crippen LogP contribution < -0.4 is 4.31 Å². The van der Waals surface area contributed by atoms with E-state index in [1.165, 1.54) is 36.4 Å². The van der Waals surface area contributed by atoms with Gasteiger partial charge in [-0.2, -0.15) is 4.31 Å². The Morgan fingerprint density at radius 2 is 1.37 bits per heavy atom. The Labute approximate surface area is 187 Å². The second-order valence-electron chi connectivity index (χ2n) is 6.81. The van der Waals surface area contributed by atoms with Crippen molar-refractivity contribution < 1.29 is 13.2 Å². The maximum Gasteiger partial charge on any atom is 0.272 e. The Morgan fingerprint density at radius 1 is 0.833 bits per heavy atom. The Kier molecular flexibility index (Phi) is 7.19. The minimum atomic E-state index is -4.17. The third-order valence-corrected chi connectivity index (χ3v) is 6.85. The number of anilines is 1. The summed E-state index contributed by atoms with van der Waals surface area (Å²) >= 11 is 11.8.